The van der Waals surface area contributed by atoms with Crippen LogP contribution >= 0.6 is 0 Å². The minimum absolute atomic E-state index is 0.0352. The van der Waals surface area contributed by atoms with Crippen LogP contribution in [0.3, 0.4) is 0 Å². The first kappa shape index (κ1) is 15.9. The summed E-state index contributed by atoms with van der Waals surface area (Å²) in [6, 6.07) is 0. The Labute approximate surface area is 100 Å². The number of hydrogen-bond donors (Lipinski definition) is 2. The van der Waals surface area contributed by atoms with Crippen molar-refractivity contribution in [3.05, 3.63) is 0 Å². The minimum atomic E-state index is -0.162. The molecule has 0 rings (SSSR count). The quantitative estimate of drug-likeness (QED) is 0.507. The third kappa shape index (κ3) is 10.4. The fourth-order valence-corrected chi connectivity index (χ4v) is 1.68. The molecular formula is C13H29NO2. The van der Waals surface area contributed by atoms with Crippen molar-refractivity contribution in [2.45, 2.75) is 64.4 Å². The van der Waals surface area contributed by atoms with Gasteiger partial charge in [0.15, 0.2) is 0 Å². The van der Waals surface area contributed by atoms with Gasteiger partial charge in [0.2, 0.25) is 0 Å². The van der Waals surface area contributed by atoms with Crippen LogP contribution in [0.5, 0.6) is 0 Å². The molecule has 3 nitrogen and oxygen atoms in total. The summed E-state index contributed by atoms with van der Waals surface area (Å²) in [7, 11) is 0. The molecule has 98 valence electrons. The predicted octanol–water partition coefficient (Wildman–Crippen LogP) is 2.46. The fraction of sp³-hybridized carbons (Fsp3) is 1.00. The van der Waals surface area contributed by atoms with E-state index in [-0.39, 0.29) is 12.7 Å². The molecule has 0 amide bonds. The Morgan fingerprint density at radius 2 is 1.56 bits per heavy atom. The highest BCUT2D eigenvalue weighted by Crippen LogP contribution is 2.08. The lowest BCUT2D eigenvalue weighted by Crippen LogP contribution is -2.27. The monoisotopic (exact) mass is 231 g/mol. The van der Waals surface area contributed by atoms with E-state index in [2.05, 4.69) is 6.92 Å². The molecule has 0 aliphatic heterocycles. The van der Waals surface area contributed by atoms with E-state index in [0.717, 1.165) is 13.0 Å². The van der Waals surface area contributed by atoms with Gasteiger partial charge < -0.3 is 15.6 Å². The van der Waals surface area contributed by atoms with Crippen molar-refractivity contribution < 1.29 is 9.84 Å². The molecule has 3 N–H and O–H groups in total. The second-order valence-electron chi connectivity index (χ2n) is 4.39. The van der Waals surface area contributed by atoms with Crippen molar-refractivity contribution >= 4 is 0 Å². The summed E-state index contributed by atoms with van der Waals surface area (Å²) in [6.07, 6.45) is 10.2. The molecule has 0 saturated heterocycles. The van der Waals surface area contributed by atoms with Crippen LogP contribution in [0.2, 0.25) is 0 Å². The van der Waals surface area contributed by atoms with E-state index < -0.39 is 0 Å². The number of unbranched alkanes of at least 4 members (excludes halogenated alkanes) is 7. The first-order valence-corrected chi connectivity index (χ1v) is 6.77. The van der Waals surface area contributed by atoms with Crippen molar-refractivity contribution in [1.29, 1.82) is 0 Å². The molecule has 0 heterocycles. The summed E-state index contributed by atoms with van der Waals surface area (Å²) < 4.78 is 5.41. The van der Waals surface area contributed by atoms with Crippen molar-refractivity contribution in [3.8, 4) is 0 Å². The van der Waals surface area contributed by atoms with E-state index >= 15 is 0 Å². The Morgan fingerprint density at radius 3 is 2.06 bits per heavy atom. The largest absolute Gasteiger partial charge is 0.394 e. The van der Waals surface area contributed by atoms with Crippen molar-refractivity contribution in [3.63, 3.8) is 0 Å². The van der Waals surface area contributed by atoms with Gasteiger partial charge in [-0.15, -0.1) is 0 Å². The Morgan fingerprint density at radius 1 is 1.00 bits per heavy atom. The molecule has 0 aromatic rings. The zero-order chi connectivity index (χ0) is 12.1. The molecule has 0 bridgehead atoms. The van der Waals surface area contributed by atoms with Gasteiger partial charge in [0, 0.05) is 13.2 Å². The van der Waals surface area contributed by atoms with Crippen LogP contribution in [0, 0.1) is 0 Å². The lowest BCUT2D eigenvalue weighted by atomic mass is 10.1. The van der Waals surface area contributed by atoms with Crippen LogP contribution in [0.15, 0.2) is 0 Å². The highest BCUT2D eigenvalue weighted by atomic mass is 16.5. The number of aliphatic hydroxyl groups excluding tert-OH is 1. The van der Waals surface area contributed by atoms with Gasteiger partial charge in [0.05, 0.1) is 12.7 Å². The Balaban J connectivity index is 3.03. The first-order valence-electron chi connectivity index (χ1n) is 6.77. The molecular weight excluding hydrogens is 202 g/mol. The average Bonchev–Trinajstić information content (AvgIpc) is 2.32. The summed E-state index contributed by atoms with van der Waals surface area (Å²) in [6.45, 7) is 3.42. The average molecular weight is 231 g/mol. The third-order valence-corrected chi connectivity index (χ3v) is 2.82. The topological polar surface area (TPSA) is 55.5 Å². The summed E-state index contributed by atoms with van der Waals surface area (Å²) in [5.74, 6) is 0. The molecule has 0 spiro atoms. The van der Waals surface area contributed by atoms with Crippen LogP contribution in [0.25, 0.3) is 0 Å². The van der Waals surface area contributed by atoms with Crippen LogP contribution in [0.1, 0.15) is 58.3 Å². The number of aliphatic hydroxyl groups is 1. The highest BCUT2D eigenvalue weighted by Gasteiger charge is 2.03. The summed E-state index contributed by atoms with van der Waals surface area (Å²) in [5.41, 5.74) is 5.41. The molecule has 0 aromatic heterocycles. The van der Waals surface area contributed by atoms with Crippen molar-refractivity contribution in [2.75, 3.05) is 19.8 Å². The van der Waals surface area contributed by atoms with Gasteiger partial charge in [0.25, 0.3) is 0 Å². The molecule has 0 saturated carbocycles. The first-order chi connectivity index (χ1) is 7.85. The smallest absolute Gasteiger partial charge is 0.0927 e. The van der Waals surface area contributed by atoms with E-state index in [0.29, 0.717) is 6.54 Å². The van der Waals surface area contributed by atoms with Gasteiger partial charge in [-0.3, -0.25) is 0 Å². The molecule has 3 heteroatoms. The second-order valence-corrected chi connectivity index (χ2v) is 4.39. The maximum absolute atomic E-state index is 8.84. The van der Waals surface area contributed by atoms with Gasteiger partial charge in [-0.1, -0.05) is 51.9 Å². The van der Waals surface area contributed by atoms with Crippen LogP contribution in [0.4, 0.5) is 0 Å². The molecule has 0 fully saturated rings. The second kappa shape index (κ2) is 12.9. The molecule has 0 aliphatic carbocycles. The van der Waals surface area contributed by atoms with Crippen LogP contribution in [-0.4, -0.2) is 31.0 Å². The Kier molecular flexibility index (Phi) is 12.9. The number of ether oxygens (including phenoxy) is 1. The zero-order valence-corrected chi connectivity index (χ0v) is 10.8. The van der Waals surface area contributed by atoms with Crippen LogP contribution in [-0.2, 0) is 4.74 Å². The number of rotatable bonds is 12. The molecule has 0 aromatic carbocycles. The van der Waals surface area contributed by atoms with Crippen molar-refractivity contribution in [2.24, 2.45) is 5.73 Å². The summed E-state index contributed by atoms with van der Waals surface area (Å²) in [5, 5.41) is 8.84. The molecule has 16 heavy (non-hydrogen) atoms. The number of hydrogen-bond acceptors (Lipinski definition) is 3. The van der Waals surface area contributed by atoms with Crippen molar-refractivity contribution in [1.82, 2.24) is 0 Å². The van der Waals surface area contributed by atoms with E-state index in [1.54, 1.807) is 0 Å². The molecule has 1 unspecified atom stereocenters. The Hall–Kier alpha value is -0.120. The Bertz CT molecular complexity index is 127. The maximum atomic E-state index is 8.84. The third-order valence-electron chi connectivity index (χ3n) is 2.82. The minimum Gasteiger partial charge on any atom is -0.394 e. The zero-order valence-electron chi connectivity index (χ0n) is 10.8. The van der Waals surface area contributed by atoms with Crippen LogP contribution < -0.4 is 5.73 Å². The van der Waals surface area contributed by atoms with Gasteiger partial charge in [-0.2, -0.15) is 0 Å². The van der Waals surface area contributed by atoms with E-state index in [1.165, 1.54) is 44.9 Å². The standard InChI is InChI=1S/C13H29NO2/c1-2-3-4-5-6-7-8-9-10-16-13(11-14)12-15/h13,15H,2-12,14H2,1H3. The SMILES string of the molecule is CCCCCCCCCCOC(CN)CO. The number of nitrogens with two attached hydrogens (primary N) is 1. The van der Waals surface area contributed by atoms with E-state index in [1.807, 2.05) is 0 Å². The molecule has 0 aliphatic rings. The fourth-order valence-electron chi connectivity index (χ4n) is 1.68. The maximum Gasteiger partial charge on any atom is 0.0927 e. The van der Waals surface area contributed by atoms with Gasteiger partial charge in [-0.05, 0) is 6.42 Å². The van der Waals surface area contributed by atoms with Gasteiger partial charge in [-0.25, -0.2) is 0 Å². The highest BCUT2D eigenvalue weighted by molar-refractivity contribution is 4.55. The lowest BCUT2D eigenvalue weighted by Gasteiger charge is -2.12. The van der Waals surface area contributed by atoms with E-state index in [9.17, 15) is 0 Å². The normalized spacial score (nSPS) is 12.9. The summed E-state index contributed by atoms with van der Waals surface area (Å²) in [4.78, 5) is 0. The predicted molar refractivity (Wildman–Crippen MR) is 68.5 cm³/mol. The molecule has 0 radical (unpaired) electrons. The van der Waals surface area contributed by atoms with Gasteiger partial charge in [0.1, 0.15) is 0 Å². The van der Waals surface area contributed by atoms with E-state index in [4.69, 9.17) is 15.6 Å². The molecule has 1 atom stereocenters. The lowest BCUT2D eigenvalue weighted by molar-refractivity contribution is 0.0170. The van der Waals surface area contributed by atoms with Gasteiger partial charge >= 0.3 is 0 Å². The summed E-state index contributed by atoms with van der Waals surface area (Å²) >= 11 is 0.